The van der Waals surface area contributed by atoms with Gasteiger partial charge in [-0.1, -0.05) is 0 Å². The van der Waals surface area contributed by atoms with E-state index < -0.39 is 95.8 Å². The van der Waals surface area contributed by atoms with Crippen molar-refractivity contribution in [2.24, 2.45) is 0 Å². The highest BCUT2D eigenvalue weighted by Gasteiger charge is 2.42. The molecule has 0 aliphatic carbocycles. The molecule has 8 heteroatoms. The molecule has 2 fully saturated rings. The van der Waals surface area contributed by atoms with Crippen LogP contribution < -0.4 is 5.32 Å². The van der Waals surface area contributed by atoms with Crippen molar-refractivity contribution in [1.29, 1.82) is 0 Å². The number of piperidine rings is 2. The number of halogens is 2. The van der Waals surface area contributed by atoms with Crippen LogP contribution in [0.3, 0.4) is 0 Å². The van der Waals surface area contributed by atoms with Crippen molar-refractivity contribution in [2.75, 3.05) is 13.0 Å². The summed E-state index contributed by atoms with van der Waals surface area (Å²) in [7, 11) is 0. The lowest BCUT2D eigenvalue weighted by Gasteiger charge is -2.41. The van der Waals surface area contributed by atoms with Crippen LogP contribution in [0.4, 0.5) is 8.78 Å². The Balaban J connectivity index is 1.87. The number of nitrogens with one attached hydrogen (secondary N) is 1. The molecule has 1 atom stereocenters. The molecule has 1 unspecified atom stereocenters. The Morgan fingerprint density at radius 1 is 1.17 bits per heavy atom. The summed E-state index contributed by atoms with van der Waals surface area (Å²) < 4.78 is 100. The number of carbonyl (C=O) groups is 3. The number of fused-ring (bicyclic) bond motifs is 1. The first kappa shape index (κ1) is 13.1. The van der Waals surface area contributed by atoms with Crippen LogP contribution >= 0.6 is 0 Å². The second-order valence-corrected chi connectivity index (χ2v) is 8.46. The first-order valence-corrected chi connectivity index (χ1v) is 9.56. The summed E-state index contributed by atoms with van der Waals surface area (Å²) in [5.74, 6) is -7.94. The van der Waals surface area contributed by atoms with Gasteiger partial charge < -0.3 is 4.90 Å². The van der Waals surface area contributed by atoms with E-state index in [0.29, 0.717) is 11.0 Å². The number of benzene rings is 1. The summed E-state index contributed by atoms with van der Waals surface area (Å²) in [4.78, 5) is 38.1. The molecule has 0 radical (unpaired) electrons. The second-order valence-electron chi connectivity index (χ2n) is 8.46. The van der Waals surface area contributed by atoms with Crippen LogP contribution in [-0.4, -0.2) is 52.1 Å². The smallest absolute Gasteiger partial charge is 0.255 e. The van der Waals surface area contributed by atoms with E-state index in [2.05, 4.69) is 5.32 Å². The largest absolute Gasteiger partial charge is 0.322 e. The van der Waals surface area contributed by atoms with Crippen molar-refractivity contribution in [3.8, 4) is 0 Å². The Morgan fingerprint density at radius 2 is 1.83 bits per heavy atom. The Labute approximate surface area is 185 Å². The Kier molecular flexibility index (Phi) is 3.25. The van der Waals surface area contributed by atoms with E-state index in [1.165, 1.54) is 20.8 Å². The van der Waals surface area contributed by atoms with E-state index in [4.69, 9.17) is 11.0 Å². The summed E-state index contributed by atoms with van der Waals surface area (Å²) >= 11 is 0. The van der Waals surface area contributed by atoms with E-state index in [-0.39, 0.29) is 12.8 Å². The summed E-state index contributed by atoms with van der Waals surface area (Å²) in [6.07, 6.45) is -6.87. The van der Waals surface area contributed by atoms with Gasteiger partial charge >= 0.3 is 0 Å². The third-order valence-corrected chi connectivity index (χ3v) is 5.36. The van der Waals surface area contributed by atoms with E-state index in [1.807, 2.05) is 0 Å². The molecular weight excluding hydrogens is 392 g/mol. The number of imide groups is 1. The maximum Gasteiger partial charge on any atom is 0.255 e. The molecule has 0 aromatic heterocycles. The molecule has 3 aliphatic rings. The van der Waals surface area contributed by atoms with Crippen LogP contribution in [0.2, 0.25) is 0 Å². The first-order chi connectivity index (χ1) is 17.1. The molecule has 1 N–H and O–H groups in total. The number of hydrogen-bond acceptors (Lipinski definition) is 4. The van der Waals surface area contributed by atoms with Gasteiger partial charge in [-0.3, -0.25) is 24.6 Å². The highest BCUT2D eigenvalue weighted by molar-refractivity contribution is 6.05. The highest BCUT2D eigenvalue weighted by atomic mass is 19.1. The van der Waals surface area contributed by atoms with Gasteiger partial charge in [-0.15, -0.1) is 0 Å². The molecule has 4 rings (SSSR count). The molecule has 3 amide bonds. The van der Waals surface area contributed by atoms with Crippen molar-refractivity contribution in [2.45, 2.75) is 70.4 Å². The number of rotatable bonds is 2. The maximum atomic E-state index is 16.0. The second kappa shape index (κ2) is 7.41. The minimum Gasteiger partial charge on any atom is -0.322 e. The Bertz CT molecular complexity index is 1220. The third kappa shape index (κ3) is 3.51. The van der Waals surface area contributed by atoms with Crippen molar-refractivity contribution < 1.29 is 34.1 Å². The predicted octanol–water partition coefficient (Wildman–Crippen LogP) is 2.70. The Morgan fingerprint density at radius 3 is 2.43 bits per heavy atom. The zero-order chi connectivity index (χ0) is 29.0. The van der Waals surface area contributed by atoms with Gasteiger partial charge in [0.2, 0.25) is 11.8 Å². The predicted molar refractivity (Wildman–Crippen MR) is 106 cm³/mol. The summed E-state index contributed by atoms with van der Waals surface area (Å²) in [5.41, 5.74) is -3.60. The molecule has 30 heavy (non-hydrogen) atoms. The minimum atomic E-state index is -3.36. The van der Waals surface area contributed by atoms with Crippen LogP contribution in [-0.2, 0) is 16.1 Å². The van der Waals surface area contributed by atoms with Crippen molar-refractivity contribution in [3.05, 3.63) is 34.4 Å². The molecular formula is C22H27F2N3O3. The topological polar surface area (TPSA) is 69.7 Å². The average Bonchev–Trinajstić information content (AvgIpc) is 3.04. The molecule has 2 saturated heterocycles. The number of amides is 3. The number of carbonyl (C=O) groups excluding carboxylic acids is 3. The van der Waals surface area contributed by atoms with Gasteiger partial charge in [-0.2, -0.15) is 0 Å². The monoisotopic (exact) mass is 427 g/mol. The number of nitrogens with zero attached hydrogens (tertiary/aromatic N) is 2. The molecule has 3 aliphatic heterocycles. The third-order valence-electron chi connectivity index (χ3n) is 5.36. The zero-order valence-electron chi connectivity index (χ0n) is 24.7. The summed E-state index contributed by atoms with van der Waals surface area (Å²) in [5, 5.41) is 2.07. The van der Waals surface area contributed by atoms with Crippen LogP contribution in [0.25, 0.3) is 0 Å². The van der Waals surface area contributed by atoms with Crippen LogP contribution in [0.15, 0.2) is 6.07 Å². The lowest BCUT2D eigenvalue weighted by atomic mass is 9.85. The zero-order valence-corrected chi connectivity index (χ0v) is 16.7. The van der Waals surface area contributed by atoms with Crippen molar-refractivity contribution in [3.63, 3.8) is 0 Å². The molecule has 0 spiro atoms. The van der Waals surface area contributed by atoms with Gasteiger partial charge in [-0.25, -0.2) is 8.78 Å². The quantitative estimate of drug-likeness (QED) is 0.737. The highest BCUT2D eigenvalue weighted by Crippen LogP contribution is 2.38. The maximum absolute atomic E-state index is 16.0. The van der Waals surface area contributed by atoms with Gasteiger partial charge in [-0.05, 0) is 64.9 Å². The summed E-state index contributed by atoms with van der Waals surface area (Å²) in [6, 6.07) is -0.579. The van der Waals surface area contributed by atoms with Crippen molar-refractivity contribution >= 4 is 17.7 Å². The standard InChI is InChI=1S/C22H27F2N3O3/c1-22(2,3)26-8-6-12(7-9-26)18-15(23)10-13-14(19(18)24)11-27(21(13)30)16-4-5-17(28)25-20(16)29/h10,12,16H,4-9,11H2,1-3H3,(H,25,28,29)/i6D2,7D2,8D2,9D2. The molecule has 6 nitrogen and oxygen atoms in total. The Hall–Kier alpha value is -2.35. The lowest BCUT2D eigenvalue weighted by molar-refractivity contribution is -0.136. The van der Waals surface area contributed by atoms with E-state index in [0.717, 1.165) is 4.90 Å². The molecule has 1 aromatic rings. The molecule has 0 bridgehead atoms. The van der Waals surface area contributed by atoms with E-state index in [1.54, 1.807) is 0 Å². The molecule has 162 valence electrons. The fourth-order valence-electron chi connectivity index (χ4n) is 3.72. The molecule has 0 saturated carbocycles. The van der Waals surface area contributed by atoms with Crippen LogP contribution in [0, 0.1) is 11.6 Å². The van der Waals surface area contributed by atoms with Crippen LogP contribution in [0.5, 0.6) is 0 Å². The SMILES string of the molecule is [2H]C1([2H])C(c2c(F)cc3c(c2F)CN(C2CCC(=O)NC2=O)C3=O)C([2H])([2H])C([2H])([2H])N(C(C)(C)C)C1([2H])[2H]. The minimum absolute atomic E-state index is 0.0574. The van der Waals surface area contributed by atoms with Gasteiger partial charge in [0.1, 0.15) is 17.7 Å². The van der Waals surface area contributed by atoms with Gasteiger partial charge in [0.05, 0.1) is 12.1 Å². The average molecular weight is 428 g/mol. The van der Waals surface area contributed by atoms with Gasteiger partial charge in [0.25, 0.3) is 5.91 Å². The fourth-order valence-corrected chi connectivity index (χ4v) is 3.72. The van der Waals surface area contributed by atoms with E-state index >= 15 is 8.78 Å². The van der Waals surface area contributed by atoms with Gasteiger partial charge in [0, 0.05) is 34.1 Å². The van der Waals surface area contributed by atoms with Crippen molar-refractivity contribution in [1.82, 2.24) is 15.1 Å². The van der Waals surface area contributed by atoms with Gasteiger partial charge in [0.15, 0.2) is 0 Å². The normalized spacial score (nSPS) is 34.4. The molecule has 3 heterocycles. The van der Waals surface area contributed by atoms with E-state index in [9.17, 15) is 14.4 Å². The van der Waals surface area contributed by atoms with Crippen LogP contribution in [0.1, 0.15) is 84.7 Å². The fraction of sp³-hybridized carbons (Fsp3) is 0.591. The first-order valence-electron chi connectivity index (χ1n) is 13.6. The summed E-state index contributed by atoms with van der Waals surface area (Å²) in [6.45, 7) is -2.95. The molecule has 1 aromatic carbocycles. The lowest BCUT2D eigenvalue weighted by Crippen LogP contribution is -2.52. The number of hydrogen-bond donors (Lipinski definition) is 1. The number of likely N-dealkylation sites (tertiary alicyclic amines) is 1.